The van der Waals surface area contributed by atoms with Crippen LogP contribution in [0.25, 0.3) is 0 Å². The number of nitrogens with zero attached hydrogens (tertiary/aromatic N) is 1. The second kappa shape index (κ2) is 10.1. The number of amides is 3. The van der Waals surface area contributed by atoms with E-state index in [0.29, 0.717) is 18.7 Å². The van der Waals surface area contributed by atoms with Gasteiger partial charge in [0, 0.05) is 38.2 Å². The highest BCUT2D eigenvalue weighted by Crippen LogP contribution is 2.27. The van der Waals surface area contributed by atoms with E-state index >= 15 is 0 Å². The lowest BCUT2D eigenvalue weighted by molar-refractivity contribution is 0.0950. The summed E-state index contributed by atoms with van der Waals surface area (Å²) in [6.45, 7) is 5.89. The van der Waals surface area contributed by atoms with Crippen molar-refractivity contribution in [3.8, 4) is 5.75 Å². The van der Waals surface area contributed by atoms with Crippen LogP contribution in [0.15, 0.2) is 48.5 Å². The maximum absolute atomic E-state index is 12.7. The molecule has 0 spiro atoms. The molecule has 0 bridgehead atoms. The third-order valence-corrected chi connectivity index (χ3v) is 5.29. The Bertz CT molecular complexity index is 864. The quantitative estimate of drug-likeness (QED) is 0.760. The van der Waals surface area contributed by atoms with Crippen molar-refractivity contribution >= 4 is 11.9 Å². The molecule has 6 heteroatoms. The molecular formula is C24H31N3O3. The van der Waals surface area contributed by atoms with Gasteiger partial charge in [-0.1, -0.05) is 24.3 Å². The van der Waals surface area contributed by atoms with Crippen LogP contribution in [0, 0.1) is 0 Å². The van der Waals surface area contributed by atoms with Crippen LogP contribution in [0.3, 0.4) is 0 Å². The van der Waals surface area contributed by atoms with Gasteiger partial charge in [-0.2, -0.15) is 0 Å². The molecule has 1 heterocycles. The number of benzene rings is 2. The molecule has 1 saturated heterocycles. The number of hydrogen-bond acceptors (Lipinski definition) is 3. The fourth-order valence-corrected chi connectivity index (χ4v) is 3.77. The summed E-state index contributed by atoms with van der Waals surface area (Å²) >= 11 is 0. The topological polar surface area (TPSA) is 70.7 Å². The molecule has 160 valence electrons. The van der Waals surface area contributed by atoms with Crippen molar-refractivity contribution in [1.82, 2.24) is 15.5 Å². The third-order valence-electron chi connectivity index (χ3n) is 5.29. The number of nitrogens with one attached hydrogen (secondary N) is 2. The third kappa shape index (κ3) is 5.75. The molecule has 0 aromatic heterocycles. The number of carbonyl (C=O) groups is 2. The average Bonchev–Trinajstić information content (AvgIpc) is 2.77. The zero-order chi connectivity index (χ0) is 21.5. The molecule has 0 saturated carbocycles. The Kier molecular flexibility index (Phi) is 7.33. The fourth-order valence-electron chi connectivity index (χ4n) is 3.77. The van der Waals surface area contributed by atoms with Crippen LogP contribution in [0.2, 0.25) is 0 Å². The number of piperidine rings is 1. The summed E-state index contributed by atoms with van der Waals surface area (Å²) in [5.74, 6) is 0.974. The standard InChI is InChI=1S/C24H31N3O3/c1-17(2)30-22-11-9-18(10-12-22)15-26-23(28)20-7-4-6-19(14-20)21-8-5-13-27(16-21)24(29)25-3/h4,6-7,9-12,14,17,21H,5,8,13,15-16H2,1-3H3,(H,25,29)(H,26,28)/t21-/m1/s1. The minimum Gasteiger partial charge on any atom is -0.491 e. The number of carbonyl (C=O) groups excluding carboxylic acids is 2. The Labute approximate surface area is 178 Å². The van der Waals surface area contributed by atoms with E-state index < -0.39 is 0 Å². The molecular weight excluding hydrogens is 378 g/mol. The first kappa shape index (κ1) is 21.7. The van der Waals surface area contributed by atoms with Gasteiger partial charge in [-0.3, -0.25) is 4.79 Å². The van der Waals surface area contributed by atoms with Gasteiger partial charge in [-0.15, -0.1) is 0 Å². The van der Waals surface area contributed by atoms with Crippen LogP contribution >= 0.6 is 0 Å². The molecule has 2 aromatic carbocycles. The minimum atomic E-state index is -0.0988. The summed E-state index contributed by atoms with van der Waals surface area (Å²) in [5.41, 5.74) is 2.76. The van der Waals surface area contributed by atoms with Gasteiger partial charge in [-0.05, 0) is 62.1 Å². The zero-order valence-electron chi connectivity index (χ0n) is 18.0. The lowest BCUT2D eigenvalue weighted by Crippen LogP contribution is -2.43. The van der Waals surface area contributed by atoms with E-state index in [1.807, 2.05) is 67.3 Å². The molecule has 3 rings (SSSR count). The number of hydrogen-bond donors (Lipinski definition) is 2. The van der Waals surface area contributed by atoms with Crippen LogP contribution in [0.4, 0.5) is 4.79 Å². The summed E-state index contributed by atoms with van der Waals surface area (Å²) in [5, 5.41) is 5.68. The summed E-state index contributed by atoms with van der Waals surface area (Å²) < 4.78 is 5.65. The molecule has 1 aliphatic heterocycles. The monoisotopic (exact) mass is 409 g/mol. The van der Waals surface area contributed by atoms with Gasteiger partial charge in [0.05, 0.1) is 6.10 Å². The molecule has 30 heavy (non-hydrogen) atoms. The molecule has 0 unspecified atom stereocenters. The van der Waals surface area contributed by atoms with Crippen LogP contribution < -0.4 is 15.4 Å². The first-order valence-corrected chi connectivity index (χ1v) is 10.6. The predicted octanol–water partition coefficient (Wildman–Crippen LogP) is 3.92. The van der Waals surface area contributed by atoms with Gasteiger partial charge in [0.25, 0.3) is 5.91 Å². The summed E-state index contributed by atoms with van der Waals surface area (Å²) in [4.78, 5) is 26.5. The number of likely N-dealkylation sites (tertiary alicyclic amines) is 1. The maximum atomic E-state index is 12.7. The summed E-state index contributed by atoms with van der Waals surface area (Å²) in [6.07, 6.45) is 2.12. The molecule has 1 atom stereocenters. The Hall–Kier alpha value is -3.02. The number of rotatable bonds is 6. The fraction of sp³-hybridized carbons (Fsp3) is 0.417. The summed E-state index contributed by atoms with van der Waals surface area (Å²) in [7, 11) is 1.65. The molecule has 0 aliphatic carbocycles. The van der Waals surface area contributed by atoms with Crippen LogP contribution in [-0.4, -0.2) is 43.1 Å². The van der Waals surface area contributed by atoms with E-state index in [1.165, 1.54) is 0 Å². The van der Waals surface area contributed by atoms with E-state index in [4.69, 9.17) is 4.74 Å². The van der Waals surface area contributed by atoms with Gasteiger partial charge in [0.1, 0.15) is 5.75 Å². The van der Waals surface area contributed by atoms with Crippen molar-refractivity contribution in [1.29, 1.82) is 0 Å². The van der Waals surface area contributed by atoms with Gasteiger partial charge in [0.15, 0.2) is 0 Å². The Morgan fingerprint density at radius 3 is 2.63 bits per heavy atom. The lowest BCUT2D eigenvalue weighted by atomic mass is 9.89. The SMILES string of the molecule is CNC(=O)N1CCC[C@@H](c2cccc(C(=O)NCc3ccc(OC(C)C)cc3)c2)C1. The van der Waals surface area contributed by atoms with E-state index in [9.17, 15) is 9.59 Å². The van der Waals surface area contributed by atoms with Gasteiger partial charge < -0.3 is 20.3 Å². The highest BCUT2D eigenvalue weighted by molar-refractivity contribution is 5.94. The van der Waals surface area contributed by atoms with Crippen molar-refractivity contribution in [2.75, 3.05) is 20.1 Å². The van der Waals surface area contributed by atoms with E-state index in [-0.39, 0.29) is 24.0 Å². The highest BCUT2D eigenvalue weighted by atomic mass is 16.5. The van der Waals surface area contributed by atoms with Crippen molar-refractivity contribution in [2.45, 2.75) is 45.3 Å². The number of urea groups is 1. The first-order valence-electron chi connectivity index (χ1n) is 10.6. The largest absolute Gasteiger partial charge is 0.491 e. The molecule has 2 aromatic rings. The maximum Gasteiger partial charge on any atom is 0.317 e. The van der Waals surface area contributed by atoms with E-state index in [2.05, 4.69) is 10.6 Å². The number of ether oxygens (including phenoxy) is 1. The van der Waals surface area contributed by atoms with Crippen molar-refractivity contribution < 1.29 is 14.3 Å². The Morgan fingerprint density at radius 1 is 1.17 bits per heavy atom. The van der Waals surface area contributed by atoms with Gasteiger partial charge in [0.2, 0.25) is 0 Å². The molecule has 1 aliphatic rings. The predicted molar refractivity (Wildman–Crippen MR) is 118 cm³/mol. The smallest absolute Gasteiger partial charge is 0.317 e. The normalized spacial score (nSPS) is 16.3. The summed E-state index contributed by atoms with van der Waals surface area (Å²) in [6, 6.07) is 15.5. The molecule has 2 N–H and O–H groups in total. The van der Waals surface area contributed by atoms with Crippen LogP contribution in [0.1, 0.15) is 54.1 Å². The molecule has 0 radical (unpaired) electrons. The average molecular weight is 410 g/mol. The molecule has 1 fully saturated rings. The lowest BCUT2D eigenvalue weighted by Gasteiger charge is -2.32. The van der Waals surface area contributed by atoms with Crippen LogP contribution in [0.5, 0.6) is 5.75 Å². The highest BCUT2D eigenvalue weighted by Gasteiger charge is 2.24. The van der Waals surface area contributed by atoms with Gasteiger partial charge in [-0.25, -0.2) is 4.79 Å². The van der Waals surface area contributed by atoms with Crippen LogP contribution in [-0.2, 0) is 6.54 Å². The second-order valence-corrected chi connectivity index (χ2v) is 7.96. The molecule has 3 amide bonds. The Morgan fingerprint density at radius 2 is 1.93 bits per heavy atom. The molecule has 6 nitrogen and oxygen atoms in total. The van der Waals surface area contributed by atoms with Crippen molar-refractivity contribution in [3.63, 3.8) is 0 Å². The first-order chi connectivity index (χ1) is 14.5. The van der Waals surface area contributed by atoms with E-state index in [0.717, 1.165) is 36.3 Å². The van der Waals surface area contributed by atoms with Crippen molar-refractivity contribution in [3.05, 3.63) is 65.2 Å². The van der Waals surface area contributed by atoms with Crippen molar-refractivity contribution in [2.24, 2.45) is 0 Å². The second-order valence-electron chi connectivity index (χ2n) is 7.96. The van der Waals surface area contributed by atoms with E-state index in [1.54, 1.807) is 7.05 Å². The van der Waals surface area contributed by atoms with Gasteiger partial charge >= 0.3 is 6.03 Å². The zero-order valence-corrected chi connectivity index (χ0v) is 18.0. The Balaban J connectivity index is 1.60. The minimum absolute atomic E-state index is 0.0431.